The Morgan fingerprint density at radius 2 is 1.84 bits per heavy atom. The Labute approximate surface area is 198 Å². The van der Waals surface area contributed by atoms with Gasteiger partial charge in [-0.15, -0.1) is 0 Å². The van der Waals surface area contributed by atoms with Crippen LogP contribution in [0.3, 0.4) is 0 Å². The first-order valence-electron chi connectivity index (χ1n) is 7.99. The first-order valence-corrected chi connectivity index (χ1v) is 8.78. The number of unbranched alkanes of at least 4 members (excludes halogenated alkanes) is 1. The molecule has 0 saturated carbocycles. The van der Waals surface area contributed by atoms with Crippen LogP contribution in [0.4, 0.5) is 0 Å². The molecule has 0 bridgehead atoms. The van der Waals surface area contributed by atoms with Crippen molar-refractivity contribution >= 4 is 32.8 Å². The third kappa shape index (κ3) is 4.99. The average molecular weight is 422 g/mol. The van der Waals surface area contributed by atoms with Crippen molar-refractivity contribution in [3.05, 3.63) is 64.1 Å². The number of halogens is 1. The summed E-state index contributed by atoms with van der Waals surface area (Å²) < 4.78 is 0.812. The summed E-state index contributed by atoms with van der Waals surface area (Å²) in [5.74, 6) is -1.19. The molecule has 2 aromatic carbocycles. The van der Waals surface area contributed by atoms with E-state index in [9.17, 15) is 9.90 Å². The Bertz CT molecular complexity index is 894. The molecule has 0 aliphatic carbocycles. The van der Waals surface area contributed by atoms with E-state index in [2.05, 4.69) is 40.0 Å². The van der Waals surface area contributed by atoms with Crippen LogP contribution in [0, 0.1) is 0 Å². The molecule has 3 rings (SSSR count). The SMILES string of the molecule is CCCCc1ccc(-c2cc(C(=O)[O-])c3cc(Br)ccc3n2)cc1.[K+]. The summed E-state index contributed by atoms with van der Waals surface area (Å²) in [6.45, 7) is 2.17. The van der Waals surface area contributed by atoms with Crippen LogP contribution >= 0.6 is 15.9 Å². The zero-order valence-electron chi connectivity index (χ0n) is 14.4. The van der Waals surface area contributed by atoms with Crippen molar-refractivity contribution in [3.63, 3.8) is 0 Å². The third-order valence-electron chi connectivity index (χ3n) is 4.06. The molecule has 5 heteroatoms. The maximum absolute atomic E-state index is 11.5. The zero-order chi connectivity index (χ0) is 17.1. The van der Waals surface area contributed by atoms with E-state index in [-0.39, 0.29) is 56.9 Å². The van der Waals surface area contributed by atoms with Crippen molar-refractivity contribution in [3.8, 4) is 11.3 Å². The van der Waals surface area contributed by atoms with Crippen LogP contribution in [-0.2, 0) is 6.42 Å². The van der Waals surface area contributed by atoms with Crippen molar-refractivity contribution in [2.24, 2.45) is 0 Å². The molecule has 0 atom stereocenters. The van der Waals surface area contributed by atoms with Gasteiger partial charge >= 0.3 is 51.4 Å². The molecule has 0 spiro atoms. The fourth-order valence-electron chi connectivity index (χ4n) is 2.74. The molecule has 0 N–H and O–H groups in total. The molecule has 0 amide bonds. The number of nitrogens with zero attached hydrogens (tertiary/aromatic N) is 1. The number of fused-ring (bicyclic) bond motifs is 1. The van der Waals surface area contributed by atoms with Gasteiger partial charge < -0.3 is 9.90 Å². The largest absolute Gasteiger partial charge is 1.00 e. The van der Waals surface area contributed by atoms with Crippen LogP contribution < -0.4 is 56.5 Å². The summed E-state index contributed by atoms with van der Waals surface area (Å²) in [6.07, 6.45) is 3.38. The molecule has 1 heterocycles. The van der Waals surface area contributed by atoms with E-state index in [0.717, 1.165) is 22.9 Å². The second-order valence-electron chi connectivity index (χ2n) is 5.80. The third-order valence-corrected chi connectivity index (χ3v) is 4.55. The Morgan fingerprint density at radius 3 is 2.48 bits per heavy atom. The van der Waals surface area contributed by atoms with Gasteiger partial charge in [-0.25, -0.2) is 4.98 Å². The van der Waals surface area contributed by atoms with Gasteiger partial charge in [0, 0.05) is 21.0 Å². The number of benzene rings is 2. The average Bonchev–Trinajstić information content (AvgIpc) is 2.59. The van der Waals surface area contributed by atoms with Gasteiger partial charge in [-0.05, 0) is 42.7 Å². The van der Waals surface area contributed by atoms with Crippen molar-refractivity contribution < 1.29 is 61.3 Å². The van der Waals surface area contributed by atoms with E-state index < -0.39 is 5.97 Å². The van der Waals surface area contributed by atoms with Gasteiger partial charge in [0.15, 0.2) is 0 Å². The Balaban J connectivity index is 0.00000225. The number of aromatic carboxylic acids is 1. The predicted octanol–water partition coefficient (Wildman–Crippen LogP) is 1.37. The summed E-state index contributed by atoms with van der Waals surface area (Å²) in [4.78, 5) is 16.1. The van der Waals surface area contributed by atoms with Gasteiger partial charge in [0.05, 0.1) is 17.2 Å². The quantitative estimate of drug-likeness (QED) is 0.584. The van der Waals surface area contributed by atoms with Crippen molar-refractivity contribution in [1.82, 2.24) is 4.98 Å². The molecular weight excluding hydrogens is 405 g/mol. The van der Waals surface area contributed by atoms with Gasteiger partial charge in [-0.2, -0.15) is 0 Å². The Kier molecular flexibility index (Phi) is 7.80. The number of aromatic nitrogens is 1. The Hall–Kier alpha value is -0.564. The monoisotopic (exact) mass is 421 g/mol. The summed E-state index contributed by atoms with van der Waals surface area (Å²) in [5.41, 5.74) is 3.63. The minimum atomic E-state index is -1.19. The van der Waals surface area contributed by atoms with Crippen LogP contribution in [0.5, 0.6) is 0 Å². The van der Waals surface area contributed by atoms with Crippen LogP contribution in [-0.4, -0.2) is 11.0 Å². The summed E-state index contributed by atoms with van der Waals surface area (Å²) in [5, 5.41) is 12.1. The number of carboxylic acids is 1. The second-order valence-corrected chi connectivity index (χ2v) is 6.72. The van der Waals surface area contributed by atoms with Crippen LogP contribution in [0.15, 0.2) is 53.0 Å². The van der Waals surface area contributed by atoms with Crippen molar-refractivity contribution in [2.45, 2.75) is 26.2 Å². The maximum atomic E-state index is 11.5. The van der Waals surface area contributed by atoms with Gasteiger partial charge in [0.25, 0.3) is 0 Å². The topological polar surface area (TPSA) is 53.0 Å². The van der Waals surface area contributed by atoms with E-state index in [1.165, 1.54) is 12.0 Å². The molecule has 0 unspecified atom stereocenters. The van der Waals surface area contributed by atoms with Crippen molar-refractivity contribution in [2.75, 3.05) is 0 Å². The number of hydrogen-bond donors (Lipinski definition) is 0. The fourth-order valence-corrected chi connectivity index (χ4v) is 3.10. The molecule has 122 valence electrons. The molecule has 3 aromatic rings. The van der Waals surface area contributed by atoms with Crippen LogP contribution in [0.1, 0.15) is 35.7 Å². The minimum absolute atomic E-state index is 0. The maximum Gasteiger partial charge on any atom is 1.00 e. The van der Waals surface area contributed by atoms with E-state index >= 15 is 0 Å². The summed E-state index contributed by atoms with van der Waals surface area (Å²) in [6, 6.07) is 15.2. The van der Waals surface area contributed by atoms with E-state index in [1.54, 1.807) is 12.1 Å². The molecule has 1 aromatic heterocycles. The summed E-state index contributed by atoms with van der Waals surface area (Å²) in [7, 11) is 0. The van der Waals surface area contributed by atoms with Crippen molar-refractivity contribution in [1.29, 1.82) is 0 Å². The smallest absolute Gasteiger partial charge is 0.545 e. The van der Waals surface area contributed by atoms with Gasteiger partial charge in [-0.1, -0.05) is 53.5 Å². The number of pyridine rings is 1. The molecule has 0 aliphatic rings. The molecule has 0 aliphatic heterocycles. The molecular formula is C20H17BrKNO2. The van der Waals surface area contributed by atoms with E-state index in [0.29, 0.717) is 16.6 Å². The zero-order valence-corrected chi connectivity index (χ0v) is 19.1. The summed E-state index contributed by atoms with van der Waals surface area (Å²) >= 11 is 3.37. The Morgan fingerprint density at radius 1 is 1.12 bits per heavy atom. The number of carbonyl (C=O) groups is 1. The molecule has 0 saturated heterocycles. The van der Waals surface area contributed by atoms with Crippen LogP contribution in [0.2, 0.25) is 0 Å². The van der Waals surface area contributed by atoms with E-state index in [4.69, 9.17) is 0 Å². The number of aryl methyl sites for hydroxylation is 1. The minimum Gasteiger partial charge on any atom is -0.545 e. The van der Waals surface area contributed by atoms with Crippen LogP contribution in [0.25, 0.3) is 22.2 Å². The number of carboxylic acid groups (broad SMARTS) is 1. The van der Waals surface area contributed by atoms with Gasteiger partial charge in [0.2, 0.25) is 0 Å². The number of rotatable bonds is 5. The molecule has 3 nitrogen and oxygen atoms in total. The van der Waals surface area contributed by atoms with Gasteiger partial charge in [0.1, 0.15) is 0 Å². The molecule has 25 heavy (non-hydrogen) atoms. The second kappa shape index (κ2) is 9.40. The standard InChI is InChI=1S/C20H18BrNO2.K/c1-2-3-4-13-5-7-14(8-6-13)19-12-17(20(23)24)16-11-15(21)9-10-18(16)22-19;/h5-12H,2-4H2,1H3,(H,23,24);/q;+1/p-1. The van der Waals surface area contributed by atoms with E-state index in [1.807, 2.05) is 24.3 Å². The fraction of sp³-hybridized carbons (Fsp3) is 0.200. The first-order chi connectivity index (χ1) is 11.6. The normalized spacial score (nSPS) is 10.5. The number of carbonyl (C=O) groups excluding carboxylic acids is 1. The molecule has 0 radical (unpaired) electrons. The molecule has 0 fully saturated rings. The van der Waals surface area contributed by atoms with Gasteiger partial charge in [-0.3, -0.25) is 0 Å². The predicted molar refractivity (Wildman–Crippen MR) is 97.8 cm³/mol. The number of hydrogen-bond acceptors (Lipinski definition) is 3. The first kappa shape index (κ1) is 20.7.